The number of aryl methyl sites for hydroxylation is 4. The van der Waals surface area contributed by atoms with E-state index < -0.39 is 10.0 Å². The lowest BCUT2D eigenvalue weighted by molar-refractivity contribution is 0.400. The van der Waals surface area contributed by atoms with Crippen molar-refractivity contribution < 1.29 is 13.2 Å². The SMILES string of the molecule is COc1cc2c(cc1S(=O)(=O)NC(C)c1ccc(C)c(C)c1)CCCC2. The molecule has 0 aromatic heterocycles. The van der Waals surface area contributed by atoms with Gasteiger partial charge in [0, 0.05) is 6.04 Å². The van der Waals surface area contributed by atoms with Gasteiger partial charge in [-0.25, -0.2) is 13.1 Å². The molecule has 0 saturated heterocycles. The van der Waals surface area contributed by atoms with E-state index in [9.17, 15) is 8.42 Å². The molecule has 2 aromatic rings. The molecule has 1 atom stereocenters. The van der Waals surface area contributed by atoms with Crippen LogP contribution in [0.1, 0.15) is 53.6 Å². The molecule has 3 rings (SSSR count). The number of benzene rings is 2. The Morgan fingerprint density at radius 1 is 1.00 bits per heavy atom. The van der Waals surface area contributed by atoms with E-state index in [1.54, 1.807) is 6.07 Å². The molecule has 1 aliphatic rings. The normalized spacial score (nSPS) is 15.4. The van der Waals surface area contributed by atoms with Crippen molar-refractivity contribution in [2.45, 2.75) is 57.4 Å². The van der Waals surface area contributed by atoms with Crippen LogP contribution in [0.2, 0.25) is 0 Å². The van der Waals surface area contributed by atoms with Crippen molar-refractivity contribution >= 4 is 10.0 Å². The van der Waals surface area contributed by atoms with Crippen molar-refractivity contribution in [1.29, 1.82) is 0 Å². The van der Waals surface area contributed by atoms with Crippen molar-refractivity contribution in [3.05, 3.63) is 58.1 Å². The summed E-state index contributed by atoms with van der Waals surface area (Å²) in [6, 6.07) is 9.40. The minimum absolute atomic E-state index is 0.233. The van der Waals surface area contributed by atoms with Crippen molar-refractivity contribution in [3.8, 4) is 5.75 Å². The van der Waals surface area contributed by atoms with E-state index in [2.05, 4.69) is 4.72 Å². The van der Waals surface area contributed by atoms with Crippen molar-refractivity contribution in [3.63, 3.8) is 0 Å². The van der Waals surface area contributed by atoms with Gasteiger partial charge in [0.25, 0.3) is 0 Å². The molecular formula is C21H27NO3S. The summed E-state index contributed by atoms with van der Waals surface area (Å²) in [6.07, 6.45) is 4.16. The summed E-state index contributed by atoms with van der Waals surface area (Å²) < 4.78 is 34.3. The van der Waals surface area contributed by atoms with Crippen molar-refractivity contribution in [1.82, 2.24) is 4.72 Å². The zero-order valence-corrected chi connectivity index (χ0v) is 16.7. The molecule has 0 bridgehead atoms. The molecule has 2 aromatic carbocycles. The summed E-state index contributed by atoms with van der Waals surface area (Å²) in [5.41, 5.74) is 5.62. The van der Waals surface area contributed by atoms with Gasteiger partial charge in [-0.2, -0.15) is 0 Å². The number of rotatable bonds is 5. The highest BCUT2D eigenvalue weighted by Gasteiger charge is 2.25. The van der Waals surface area contributed by atoms with E-state index in [-0.39, 0.29) is 10.9 Å². The molecule has 0 aliphatic heterocycles. The van der Waals surface area contributed by atoms with Crippen LogP contribution in [0, 0.1) is 13.8 Å². The number of nitrogens with one attached hydrogen (secondary N) is 1. The number of ether oxygens (including phenoxy) is 1. The summed E-state index contributed by atoms with van der Waals surface area (Å²) >= 11 is 0. The van der Waals surface area contributed by atoms with E-state index >= 15 is 0 Å². The highest BCUT2D eigenvalue weighted by molar-refractivity contribution is 7.89. The molecule has 5 heteroatoms. The molecule has 0 saturated carbocycles. The minimum atomic E-state index is -3.68. The number of hydrogen-bond acceptors (Lipinski definition) is 3. The van der Waals surface area contributed by atoms with E-state index in [1.165, 1.54) is 18.2 Å². The highest BCUT2D eigenvalue weighted by Crippen LogP contribution is 2.32. The Morgan fingerprint density at radius 2 is 1.65 bits per heavy atom. The van der Waals surface area contributed by atoms with Crippen molar-refractivity contribution in [2.75, 3.05) is 7.11 Å². The van der Waals surface area contributed by atoms with Crippen LogP contribution in [0.25, 0.3) is 0 Å². The summed E-state index contributed by atoms with van der Waals surface area (Å²) in [6.45, 7) is 5.95. The maximum Gasteiger partial charge on any atom is 0.244 e. The van der Waals surface area contributed by atoms with Crippen LogP contribution in [0.4, 0.5) is 0 Å². The van der Waals surface area contributed by atoms with Gasteiger partial charge < -0.3 is 4.74 Å². The molecule has 1 unspecified atom stereocenters. The lowest BCUT2D eigenvalue weighted by Crippen LogP contribution is -2.27. The molecular weight excluding hydrogens is 346 g/mol. The second-order valence-corrected chi connectivity index (χ2v) is 8.85. The molecule has 0 spiro atoms. The highest BCUT2D eigenvalue weighted by atomic mass is 32.2. The lowest BCUT2D eigenvalue weighted by Gasteiger charge is -2.21. The predicted molar refractivity (Wildman–Crippen MR) is 104 cm³/mol. The fraction of sp³-hybridized carbons (Fsp3) is 0.429. The Morgan fingerprint density at radius 3 is 2.27 bits per heavy atom. The summed E-state index contributed by atoms with van der Waals surface area (Å²) in [5.74, 6) is 0.422. The quantitative estimate of drug-likeness (QED) is 0.853. The Labute approximate surface area is 156 Å². The summed E-state index contributed by atoms with van der Waals surface area (Å²) in [4.78, 5) is 0.233. The third-order valence-electron chi connectivity index (χ3n) is 5.28. The number of hydrogen-bond donors (Lipinski definition) is 1. The smallest absolute Gasteiger partial charge is 0.244 e. The fourth-order valence-corrected chi connectivity index (χ4v) is 4.94. The Kier molecular flexibility index (Phi) is 5.39. The van der Waals surface area contributed by atoms with Gasteiger partial charge in [0.05, 0.1) is 7.11 Å². The van der Waals surface area contributed by atoms with Crippen molar-refractivity contribution in [2.24, 2.45) is 0 Å². The summed E-state index contributed by atoms with van der Waals surface area (Å²) in [7, 11) is -2.16. The van der Waals surface area contributed by atoms with E-state index in [4.69, 9.17) is 4.74 Å². The van der Waals surface area contributed by atoms with Crippen LogP contribution >= 0.6 is 0 Å². The fourth-order valence-electron chi connectivity index (χ4n) is 3.51. The minimum Gasteiger partial charge on any atom is -0.495 e. The van der Waals surface area contributed by atoms with Gasteiger partial charge >= 0.3 is 0 Å². The molecule has 1 N–H and O–H groups in total. The van der Waals surface area contributed by atoms with Gasteiger partial charge in [-0.15, -0.1) is 0 Å². The number of fused-ring (bicyclic) bond motifs is 1. The predicted octanol–water partition coefficient (Wildman–Crippen LogP) is 4.23. The molecule has 0 amide bonds. The Balaban J connectivity index is 1.93. The van der Waals surface area contributed by atoms with Crippen LogP contribution < -0.4 is 9.46 Å². The second-order valence-electron chi connectivity index (χ2n) is 7.17. The van der Waals surface area contributed by atoms with E-state index in [0.29, 0.717) is 5.75 Å². The molecule has 1 aliphatic carbocycles. The zero-order chi connectivity index (χ0) is 18.9. The first-order valence-corrected chi connectivity index (χ1v) is 10.6. The first kappa shape index (κ1) is 18.9. The number of methoxy groups -OCH3 is 1. The van der Waals surface area contributed by atoms with Crippen LogP contribution in [0.15, 0.2) is 35.2 Å². The van der Waals surface area contributed by atoms with Crippen LogP contribution in [0.5, 0.6) is 5.75 Å². The van der Waals surface area contributed by atoms with E-state index in [0.717, 1.165) is 42.4 Å². The Hall–Kier alpha value is -1.85. The maximum atomic E-state index is 13.0. The van der Waals surface area contributed by atoms with Crippen LogP contribution in [-0.4, -0.2) is 15.5 Å². The molecule has 0 heterocycles. The van der Waals surface area contributed by atoms with Gasteiger partial charge in [-0.05, 0) is 86.4 Å². The monoisotopic (exact) mass is 373 g/mol. The molecule has 0 fully saturated rings. The topological polar surface area (TPSA) is 55.4 Å². The average Bonchev–Trinajstić information content (AvgIpc) is 2.62. The zero-order valence-electron chi connectivity index (χ0n) is 15.9. The van der Waals surface area contributed by atoms with Gasteiger partial charge in [-0.3, -0.25) is 0 Å². The lowest BCUT2D eigenvalue weighted by atomic mass is 9.92. The van der Waals surface area contributed by atoms with E-state index in [1.807, 2.05) is 45.0 Å². The average molecular weight is 374 g/mol. The van der Waals surface area contributed by atoms with Crippen LogP contribution in [-0.2, 0) is 22.9 Å². The third kappa shape index (κ3) is 3.79. The third-order valence-corrected chi connectivity index (χ3v) is 6.84. The first-order valence-electron chi connectivity index (χ1n) is 9.11. The Bertz CT molecular complexity index is 919. The number of sulfonamides is 1. The van der Waals surface area contributed by atoms with Gasteiger partial charge in [-0.1, -0.05) is 18.2 Å². The molecule has 4 nitrogen and oxygen atoms in total. The molecule has 140 valence electrons. The second kappa shape index (κ2) is 7.41. The first-order chi connectivity index (χ1) is 12.3. The summed E-state index contributed by atoms with van der Waals surface area (Å²) in [5, 5.41) is 0. The van der Waals surface area contributed by atoms with Gasteiger partial charge in [0.1, 0.15) is 10.6 Å². The standard InChI is InChI=1S/C21H27NO3S/c1-14-9-10-17(11-15(14)2)16(3)22-26(23,24)21-13-19-8-6-5-7-18(19)12-20(21)25-4/h9-13,16,22H,5-8H2,1-4H3. The molecule has 0 radical (unpaired) electrons. The molecule has 26 heavy (non-hydrogen) atoms. The largest absolute Gasteiger partial charge is 0.495 e. The maximum absolute atomic E-state index is 13.0. The van der Waals surface area contributed by atoms with Crippen LogP contribution in [0.3, 0.4) is 0 Å². The van der Waals surface area contributed by atoms with Gasteiger partial charge in [0.15, 0.2) is 0 Å². The van der Waals surface area contributed by atoms with Gasteiger partial charge in [0.2, 0.25) is 10.0 Å².